The van der Waals surface area contributed by atoms with E-state index < -0.39 is 5.97 Å². The van der Waals surface area contributed by atoms with Crippen LogP contribution in [0.25, 0.3) is 0 Å². The van der Waals surface area contributed by atoms with E-state index >= 15 is 0 Å². The second-order valence-corrected chi connectivity index (χ2v) is 5.15. The first-order valence-electron chi connectivity index (χ1n) is 6.50. The van der Waals surface area contributed by atoms with Crippen LogP contribution >= 0.6 is 0 Å². The molecule has 1 aliphatic rings. The molecule has 2 atom stereocenters. The third-order valence-corrected chi connectivity index (χ3v) is 4.04. The van der Waals surface area contributed by atoms with Crippen LogP contribution in [0.4, 0.5) is 0 Å². The molecule has 2 rings (SSSR count). The molecule has 5 nitrogen and oxygen atoms in total. The first-order chi connectivity index (χ1) is 8.59. The number of nitrogens with zero attached hydrogens (tertiary/aromatic N) is 2. The van der Waals surface area contributed by atoms with Crippen LogP contribution in [-0.2, 0) is 18.4 Å². The van der Waals surface area contributed by atoms with Gasteiger partial charge in [0.15, 0.2) is 0 Å². The third kappa shape index (κ3) is 2.72. The van der Waals surface area contributed by atoms with Crippen molar-refractivity contribution in [2.24, 2.45) is 18.9 Å². The number of hydrogen-bond acceptors (Lipinski definition) is 3. The van der Waals surface area contributed by atoms with E-state index in [1.165, 1.54) is 5.56 Å². The summed E-state index contributed by atoms with van der Waals surface area (Å²) in [5.41, 5.74) is 2.34. The summed E-state index contributed by atoms with van der Waals surface area (Å²) < 4.78 is 1.85. The Labute approximate surface area is 107 Å². The number of carboxylic acid groups (broad SMARTS) is 1. The van der Waals surface area contributed by atoms with Crippen molar-refractivity contribution in [3.8, 4) is 0 Å². The molecule has 1 heterocycles. The van der Waals surface area contributed by atoms with E-state index in [0.29, 0.717) is 0 Å². The molecule has 0 aliphatic heterocycles. The lowest BCUT2D eigenvalue weighted by Gasteiger charge is -2.16. The normalized spacial score (nSPS) is 23.4. The number of carbonyl (C=O) groups is 1. The van der Waals surface area contributed by atoms with Crippen LogP contribution in [0.15, 0.2) is 6.20 Å². The van der Waals surface area contributed by atoms with Crippen LogP contribution < -0.4 is 5.32 Å². The summed E-state index contributed by atoms with van der Waals surface area (Å²) in [7, 11) is 1.93. The van der Waals surface area contributed by atoms with Gasteiger partial charge in [0.25, 0.3) is 0 Å². The summed E-state index contributed by atoms with van der Waals surface area (Å²) in [4.78, 5) is 11.1. The zero-order chi connectivity index (χ0) is 13.1. The van der Waals surface area contributed by atoms with Crippen LogP contribution in [-0.4, -0.2) is 27.4 Å². The minimum Gasteiger partial charge on any atom is -0.481 e. The van der Waals surface area contributed by atoms with Gasteiger partial charge in [0.1, 0.15) is 0 Å². The molecule has 18 heavy (non-hydrogen) atoms. The molecule has 1 saturated carbocycles. The van der Waals surface area contributed by atoms with E-state index in [4.69, 9.17) is 5.11 Å². The lowest BCUT2D eigenvalue weighted by molar-refractivity contribution is -0.142. The fraction of sp³-hybridized carbons (Fsp3) is 0.692. The largest absolute Gasteiger partial charge is 0.481 e. The van der Waals surface area contributed by atoms with Crippen LogP contribution in [0.5, 0.6) is 0 Å². The molecule has 1 aromatic heterocycles. The molecule has 0 saturated heterocycles. The number of aryl methyl sites for hydroxylation is 1. The average molecular weight is 251 g/mol. The van der Waals surface area contributed by atoms with Crippen molar-refractivity contribution >= 4 is 5.97 Å². The number of carboxylic acids is 1. The Morgan fingerprint density at radius 2 is 2.39 bits per heavy atom. The van der Waals surface area contributed by atoms with Gasteiger partial charge in [0.05, 0.1) is 12.1 Å². The molecule has 1 aliphatic carbocycles. The Bertz CT molecular complexity index is 428. The summed E-state index contributed by atoms with van der Waals surface area (Å²) in [6, 6.07) is 0. The quantitative estimate of drug-likeness (QED) is 0.828. The van der Waals surface area contributed by atoms with Crippen molar-refractivity contribution in [2.75, 3.05) is 6.54 Å². The van der Waals surface area contributed by atoms with Gasteiger partial charge in [0, 0.05) is 24.8 Å². The van der Waals surface area contributed by atoms with Gasteiger partial charge < -0.3 is 10.4 Å². The zero-order valence-corrected chi connectivity index (χ0v) is 11.0. The molecule has 1 aromatic rings. The third-order valence-electron chi connectivity index (χ3n) is 4.04. The summed E-state index contributed by atoms with van der Waals surface area (Å²) in [5, 5.41) is 16.7. The molecule has 1 fully saturated rings. The number of nitrogens with one attached hydrogen (secondary N) is 1. The highest BCUT2D eigenvalue weighted by molar-refractivity contribution is 5.70. The Morgan fingerprint density at radius 3 is 3.00 bits per heavy atom. The highest BCUT2D eigenvalue weighted by atomic mass is 16.4. The summed E-state index contributed by atoms with van der Waals surface area (Å²) in [6.45, 7) is 3.59. The Morgan fingerprint density at radius 1 is 1.61 bits per heavy atom. The second-order valence-electron chi connectivity index (χ2n) is 5.15. The van der Waals surface area contributed by atoms with Gasteiger partial charge in [-0.1, -0.05) is 6.42 Å². The topological polar surface area (TPSA) is 67.2 Å². The van der Waals surface area contributed by atoms with E-state index in [2.05, 4.69) is 10.4 Å². The average Bonchev–Trinajstić information content (AvgIpc) is 2.91. The maximum Gasteiger partial charge on any atom is 0.306 e. The minimum absolute atomic E-state index is 0.160. The van der Waals surface area contributed by atoms with Gasteiger partial charge >= 0.3 is 5.97 Å². The molecule has 2 unspecified atom stereocenters. The molecule has 5 heteroatoms. The lowest BCUT2D eigenvalue weighted by atomic mass is 9.96. The molecule has 100 valence electrons. The standard InChI is InChI=1S/C13H21N3O2/c1-9-11(8-15-16(9)2)7-14-6-10-4-3-5-12(10)13(17)18/h8,10,12,14H,3-7H2,1-2H3,(H,17,18). The molecule has 0 spiro atoms. The van der Waals surface area contributed by atoms with Crippen LogP contribution in [0.3, 0.4) is 0 Å². The SMILES string of the molecule is Cc1c(CNCC2CCCC2C(=O)O)cnn1C. The second kappa shape index (κ2) is 5.52. The van der Waals surface area contributed by atoms with Crippen molar-refractivity contribution in [3.05, 3.63) is 17.5 Å². The van der Waals surface area contributed by atoms with Gasteiger partial charge in [-0.25, -0.2) is 0 Å². The monoisotopic (exact) mass is 251 g/mol. The van der Waals surface area contributed by atoms with E-state index in [9.17, 15) is 4.79 Å². The fourth-order valence-electron chi connectivity index (χ4n) is 2.72. The molecular formula is C13H21N3O2. The molecule has 0 bridgehead atoms. The van der Waals surface area contributed by atoms with Crippen molar-refractivity contribution in [1.29, 1.82) is 0 Å². The van der Waals surface area contributed by atoms with E-state index in [1.54, 1.807) is 0 Å². The summed E-state index contributed by atoms with van der Waals surface area (Å²) in [6.07, 6.45) is 4.75. The van der Waals surface area contributed by atoms with Crippen molar-refractivity contribution < 1.29 is 9.90 Å². The van der Waals surface area contributed by atoms with E-state index in [0.717, 1.165) is 38.0 Å². The highest BCUT2D eigenvalue weighted by Gasteiger charge is 2.32. The molecule has 0 radical (unpaired) electrons. The predicted octanol–water partition coefficient (Wildman–Crippen LogP) is 1.32. The number of hydrogen-bond donors (Lipinski definition) is 2. The predicted molar refractivity (Wildman–Crippen MR) is 68.1 cm³/mol. The van der Waals surface area contributed by atoms with Crippen LogP contribution in [0.2, 0.25) is 0 Å². The van der Waals surface area contributed by atoms with Crippen LogP contribution in [0, 0.1) is 18.8 Å². The summed E-state index contributed by atoms with van der Waals surface area (Å²) >= 11 is 0. The smallest absolute Gasteiger partial charge is 0.306 e. The molecule has 0 aromatic carbocycles. The number of rotatable bonds is 5. The number of aliphatic carboxylic acids is 1. The molecule has 2 N–H and O–H groups in total. The van der Waals surface area contributed by atoms with Crippen molar-refractivity contribution in [3.63, 3.8) is 0 Å². The van der Waals surface area contributed by atoms with Gasteiger partial charge in [0.2, 0.25) is 0 Å². The van der Waals surface area contributed by atoms with Crippen molar-refractivity contribution in [2.45, 2.75) is 32.7 Å². The van der Waals surface area contributed by atoms with Gasteiger partial charge in [-0.15, -0.1) is 0 Å². The van der Waals surface area contributed by atoms with Crippen molar-refractivity contribution in [1.82, 2.24) is 15.1 Å². The molecule has 0 amide bonds. The van der Waals surface area contributed by atoms with Crippen LogP contribution in [0.1, 0.15) is 30.5 Å². The molecular weight excluding hydrogens is 230 g/mol. The highest BCUT2D eigenvalue weighted by Crippen LogP contribution is 2.31. The zero-order valence-electron chi connectivity index (χ0n) is 11.0. The first kappa shape index (κ1) is 13.1. The number of aromatic nitrogens is 2. The lowest BCUT2D eigenvalue weighted by Crippen LogP contribution is -2.28. The minimum atomic E-state index is -0.642. The Balaban J connectivity index is 1.82. The van der Waals surface area contributed by atoms with Gasteiger partial charge in [-0.2, -0.15) is 5.10 Å². The Kier molecular flexibility index (Phi) is 4.01. The first-order valence-corrected chi connectivity index (χ1v) is 6.50. The maximum absolute atomic E-state index is 11.1. The van der Waals surface area contributed by atoms with E-state index in [1.807, 2.05) is 24.9 Å². The Hall–Kier alpha value is -1.36. The van der Waals surface area contributed by atoms with Gasteiger partial charge in [-0.05, 0) is 32.2 Å². The summed E-state index contributed by atoms with van der Waals surface area (Å²) in [5.74, 6) is -0.524. The fourth-order valence-corrected chi connectivity index (χ4v) is 2.72. The maximum atomic E-state index is 11.1. The van der Waals surface area contributed by atoms with E-state index in [-0.39, 0.29) is 11.8 Å². The van der Waals surface area contributed by atoms with Gasteiger partial charge in [-0.3, -0.25) is 9.48 Å².